The van der Waals surface area contributed by atoms with E-state index in [9.17, 15) is 23.6 Å². The molecule has 0 atom stereocenters. The largest absolute Gasteiger partial charge is 0.353 e. The number of nitrogens with one attached hydrogen (secondary N) is 2. The van der Waals surface area contributed by atoms with Crippen LogP contribution in [0.5, 0.6) is 0 Å². The van der Waals surface area contributed by atoms with Gasteiger partial charge in [0.05, 0.1) is 11.4 Å². The van der Waals surface area contributed by atoms with Crippen LogP contribution in [0.15, 0.2) is 53.4 Å². The number of hydrogen-bond acceptors (Lipinski definition) is 5. The zero-order valence-corrected chi connectivity index (χ0v) is 17.6. The van der Waals surface area contributed by atoms with Crippen LogP contribution in [-0.4, -0.2) is 47.5 Å². The van der Waals surface area contributed by atoms with E-state index in [4.69, 9.17) is 11.6 Å². The molecule has 1 aliphatic heterocycles. The van der Waals surface area contributed by atoms with Gasteiger partial charge in [0.1, 0.15) is 5.82 Å². The highest BCUT2D eigenvalue weighted by Gasteiger charge is 2.34. The van der Waals surface area contributed by atoms with Crippen molar-refractivity contribution in [1.29, 1.82) is 0 Å². The molecule has 1 fully saturated rings. The van der Waals surface area contributed by atoms with E-state index in [1.54, 1.807) is 18.2 Å². The molecule has 0 radical (unpaired) electrons. The molecule has 0 spiro atoms. The van der Waals surface area contributed by atoms with Crippen molar-refractivity contribution < 1.29 is 23.6 Å². The number of imide groups is 1. The number of carbonyl (C=O) groups excluding carboxylic acids is 4. The fourth-order valence-electron chi connectivity index (χ4n) is 2.66. The van der Waals surface area contributed by atoms with Crippen molar-refractivity contribution in [2.75, 3.05) is 19.6 Å². The lowest BCUT2D eigenvalue weighted by atomic mass is 10.2. The van der Waals surface area contributed by atoms with E-state index >= 15 is 0 Å². The lowest BCUT2D eigenvalue weighted by molar-refractivity contribution is -0.124. The molecule has 1 heterocycles. The quantitative estimate of drug-likeness (QED) is 0.618. The van der Waals surface area contributed by atoms with Crippen LogP contribution < -0.4 is 10.6 Å². The Morgan fingerprint density at radius 1 is 1.06 bits per heavy atom. The molecule has 4 amide bonds. The maximum Gasteiger partial charge on any atom is 0.293 e. The number of carbonyl (C=O) groups is 4. The van der Waals surface area contributed by atoms with E-state index in [0.29, 0.717) is 22.3 Å². The smallest absolute Gasteiger partial charge is 0.293 e. The lowest BCUT2D eigenvalue weighted by Crippen LogP contribution is -2.41. The van der Waals surface area contributed by atoms with Gasteiger partial charge in [-0.25, -0.2) is 4.39 Å². The Hall–Kier alpha value is -3.17. The highest BCUT2D eigenvalue weighted by molar-refractivity contribution is 8.18. The van der Waals surface area contributed by atoms with Gasteiger partial charge in [0.25, 0.3) is 17.1 Å². The summed E-state index contributed by atoms with van der Waals surface area (Å²) in [7, 11) is 0. The summed E-state index contributed by atoms with van der Waals surface area (Å²) in [6, 6.07) is 12.1. The molecule has 2 aromatic carbocycles. The minimum absolute atomic E-state index is 0.0146. The van der Waals surface area contributed by atoms with Gasteiger partial charge in [-0.15, -0.1) is 0 Å². The summed E-state index contributed by atoms with van der Waals surface area (Å²) in [5.74, 6) is -1.96. The highest BCUT2D eigenvalue weighted by atomic mass is 35.5. The zero-order valence-electron chi connectivity index (χ0n) is 16.1. The predicted molar refractivity (Wildman–Crippen MR) is 116 cm³/mol. The van der Waals surface area contributed by atoms with Crippen molar-refractivity contribution in [2.24, 2.45) is 0 Å². The molecule has 31 heavy (non-hydrogen) atoms. The van der Waals surface area contributed by atoms with Crippen LogP contribution >= 0.6 is 23.4 Å². The second-order valence-electron chi connectivity index (χ2n) is 6.39. The van der Waals surface area contributed by atoms with Crippen molar-refractivity contribution in [2.45, 2.75) is 0 Å². The van der Waals surface area contributed by atoms with Gasteiger partial charge in [0.15, 0.2) is 0 Å². The average molecular weight is 462 g/mol. The summed E-state index contributed by atoms with van der Waals surface area (Å²) in [5, 5.41) is 4.98. The Kier molecular flexibility index (Phi) is 7.43. The number of rotatable bonds is 7. The molecular weight excluding hydrogens is 445 g/mol. The van der Waals surface area contributed by atoms with Crippen molar-refractivity contribution in [3.63, 3.8) is 0 Å². The average Bonchev–Trinajstić information content (AvgIpc) is 3.01. The Labute approximate surface area is 186 Å². The van der Waals surface area contributed by atoms with Crippen LogP contribution in [0.4, 0.5) is 9.18 Å². The summed E-state index contributed by atoms with van der Waals surface area (Å²) >= 11 is 6.47. The number of nitrogens with zero attached hydrogens (tertiary/aromatic N) is 1. The summed E-state index contributed by atoms with van der Waals surface area (Å²) in [4.78, 5) is 49.5. The first-order valence-electron chi connectivity index (χ1n) is 9.15. The summed E-state index contributed by atoms with van der Waals surface area (Å²) < 4.78 is 13.8. The van der Waals surface area contributed by atoms with Crippen molar-refractivity contribution in [3.05, 3.63) is 75.4 Å². The third kappa shape index (κ3) is 5.93. The number of halogens is 2. The Morgan fingerprint density at radius 2 is 1.77 bits per heavy atom. The Bertz CT molecular complexity index is 1060. The van der Waals surface area contributed by atoms with Crippen molar-refractivity contribution >= 4 is 52.4 Å². The third-order valence-electron chi connectivity index (χ3n) is 4.24. The van der Waals surface area contributed by atoms with E-state index in [0.717, 1.165) is 4.90 Å². The van der Waals surface area contributed by atoms with E-state index in [-0.39, 0.29) is 30.1 Å². The normalized spacial score (nSPS) is 14.8. The topological polar surface area (TPSA) is 95.6 Å². The van der Waals surface area contributed by atoms with Gasteiger partial charge in [-0.05, 0) is 48.2 Å². The predicted octanol–water partition coefficient (Wildman–Crippen LogP) is 3.06. The SMILES string of the molecule is O=C(CNC(=O)c1ccc(Cl)cc1)NCCN1C(=O)S/C(=C\c2ccccc2F)C1=O. The summed E-state index contributed by atoms with van der Waals surface area (Å²) in [6.07, 6.45) is 1.32. The van der Waals surface area contributed by atoms with E-state index in [1.807, 2.05) is 0 Å². The first-order chi connectivity index (χ1) is 14.8. The fourth-order valence-corrected chi connectivity index (χ4v) is 3.64. The van der Waals surface area contributed by atoms with Gasteiger partial charge in [-0.3, -0.25) is 24.1 Å². The van der Waals surface area contributed by atoms with Gasteiger partial charge in [-0.2, -0.15) is 0 Å². The number of hydrogen-bond donors (Lipinski definition) is 2. The molecule has 3 rings (SSSR count). The van der Waals surface area contributed by atoms with Crippen LogP contribution in [0.1, 0.15) is 15.9 Å². The molecule has 1 aliphatic rings. The van der Waals surface area contributed by atoms with E-state index in [2.05, 4.69) is 10.6 Å². The highest BCUT2D eigenvalue weighted by Crippen LogP contribution is 2.32. The first-order valence-corrected chi connectivity index (χ1v) is 10.3. The van der Waals surface area contributed by atoms with Crippen LogP contribution in [0.25, 0.3) is 6.08 Å². The maximum atomic E-state index is 13.8. The monoisotopic (exact) mass is 461 g/mol. The second kappa shape index (κ2) is 10.2. The molecule has 10 heteroatoms. The van der Waals surface area contributed by atoms with Crippen LogP contribution in [0, 0.1) is 5.82 Å². The number of benzene rings is 2. The molecule has 0 unspecified atom stereocenters. The minimum Gasteiger partial charge on any atom is -0.353 e. The lowest BCUT2D eigenvalue weighted by Gasteiger charge is -2.13. The number of amides is 4. The standard InChI is InChI=1S/C21H17ClFN3O4S/c22-15-7-5-13(6-8-15)19(28)25-12-18(27)24-9-10-26-20(29)17(31-21(26)30)11-14-3-1-2-4-16(14)23/h1-8,11H,9-10,12H2,(H,24,27)(H,25,28)/b17-11-. The molecule has 1 saturated heterocycles. The maximum absolute atomic E-state index is 13.8. The van der Waals surface area contributed by atoms with Gasteiger partial charge in [0.2, 0.25) is 5.91 Å². The molecule has 7 nitrogen and oxygen atoms in total. The Morgan fingerprint density at radius 3 is 2.48 bits per heavy atom. The van der Waals surface area contributed by atoms with Crippen LogP contribution in [0.3, 0.4) is 0 Å². The molecule has 160 valence electrons. The van der Waals surface area contributed by atoms with Gasteiger partial charge >= 0.3 is 0 Å². The van der Waals surface area contributed by atoms with Crippen LogP contribution in [0.2, 0.25) is 5.02 Å². The molecular formula is C21H17ClFN3O4S. The molecule has 0 saturated carbocycles. The van der Waals surface area contributed by atoms with Gasteiger partial charge in [0, 0.05) is 29.2 Å². The first kappa shape index (κ1) is 22.5. The zero-order chi connectivity index (χ0) is 22.4. The van der Waals surface area contributed by atoms with Crippen molar-refractivity contribution in [3.8, 4) is 0 Å². The molecule has 2 aromatic rings. The minimum atomic E-state index is -0.552. The third-order valence-corrected chi connectivity index (χ3v) is 5.40. The van der Waals surface area contributed by atoms with Gasteiger partial charge in [-0.1, -0.05) is 29.8 Å². The van der Waals surface area contributed by atoms with Crippen LogP contribution in [-0.2, 0) is 9.59 Å². The number of thioether (sulfide) groups is 1. The van der Waals surface area contributed by atoms with E-state index in [1.165, 1.54) is 36.4 Å². The van der Waals surface area contributed by atoms with Crippen molar-refractivity contribution in [1.82, 2.24) is 15.5 Å². The summed E-state index contributed by atoms with van der Waals surface area (Å²) in [6.45, 7) is -0.298. The molecule has 0 aliphatic carbocycles. The fraction of sp³-hybridized carbons (Fsp3) is 0.143. The van der Waals surface area contributed by atoms with Gasteiger partial charge < -0.3 is 10.6 Å². The Balaban J connectivity index is 1.46. The molecule has 2 N–H and O–H groups in total. The molecule has 0 bridgehead atoms. The molecule has 0 aromatic heterocycles. The van der Waals surface area contributed by atoms with E-state index < -0.39 is 28.8 Å². The second-order valence-corrected chi connectivity index (χ2v) is 7.82. The summed E-state index contributed by atoms with van der Waals surface area (Å²) in [5.41, 5.74) is 0.564.